The Morgan fingerprint density at radius 3 is 2.54 bits per heavy atom. The predicted octanol–water partition coefficient (Wildman–Crippen LogP) is 3.39. The highest BCUT2D eigenvalue weighted by Gasteiger charge is 2.02. The van der Waals surface area contributed by atoms with Gasteiger partial charge in [0.1, 0.15) is 0 Å². The largest absolute Gasteiger partial charge is 0.309 e. The van der Waals surface area contributed by atoms with Crippen molar-refractivity contribution in [3.8, 4) is 0 Å². The van der Waals surface area contributed by atoms with Gasteiger partial charge < -0.3 is 5.32 Å². The minimum Gasteiger partial charge on any atom is -0.309 e. The van der Waals surface area contributed by atoms with Gasteiger partial charge in [-0.05, 0) is 24.6 Å². The number of rotatable bonds is 4. The molecule has 0 radical (unpaired) electrons. The third-order valence-electron chi connectivity index (χ3n) is 1.92. The quantitative estimate of drug-likeness (QED) is 0.820. The summed E-state index contributed by atoms with van der Waals surface area (Å²) in [7, 11) is 0. The number of nitrogens with one attached hydrogen (secondary N) is 1. The summed E-state index contributed by atoms with van der Waals surface area (Å²) in [5.41, 5.74) is 1.27. The summed E-state index contributed by atoms with van der Waals surface area (Å²) in [6.07, 6.45) is 0. The molecule has 0 aliphatic carbocycles. The Morgan fingerprint density at radius 1 is 1.38 bits per heavy atom. The van der Waals surface area contributed by atoms with Crippen LogP contribution in [0, 0.1) is 0 Å². The van der Waals surface area contributed by atoms with Crippen LogP contribution in [-0.2, 0) is 0 Å². The second kappa shape index (κ2) is 5.63. The fourth-order valence-electron chi connectivity index (χ4n) is 1.14. The molecule has 0 aliphatic rings. The van der Waals surface area contributed by atoms with Crippen molar-refractivity contribution >= 4 is 27.5 Å². The molecule has 0 aromatic heterocycles. The Morgan fingerprint density at radius 2 is 2.00 bits per heavy atom. The second-order valence-electron chi connectivity index (χ2n) is 2.92. The van der Waals surface area contributed by atoms with Gasteiger partial charge in [-0.25, -0.2) is 0 Å². The molecular formula is C10H13BrClN. The first-order valence-electron chi connectivity index (χ1n) is 4.29. The number of hydrogen-bond acceptors (Lipinski definition) is 1. The molecule has 0 unspecified atom stereocenters. The minimum absolute atomic E-state index is 0.384. The normalized spacial score (nSPS) is 12.8. The smallest absolute Gasteiger partial charge is 0.0406 e. The van der Waals surface area contributed by atoms with Gasteiger partial charge in [-0.2, -0.15) is 0 Å². The van der Waals surface area contributed by atoms with Crippen LogP contribution in [0.25, 0.3) is 0 Å². The van der Waals surface area contributed by atoms with E-state index in [-0.39, 0.29) is 0 Å². The first-order chi connectivity index (χ1) is 6.24. The Kier molecular flexibility index (Phi) is 4.78. The van der Waals surface area contributed by atoms with E-state index >= 15 is 0 Å². The Balaban J connectivity index is 2.55. The zero-order valence-corrected chi connectivity index (χ0v) is 9.90. The van der Waals surface area contributed by atoms with Crippen LogP contribution < -0.4 is 5.32 Å². The summed E-state index contributed by atoms with van der Waals surface area (Å²) in [6, 6.07) is 8.32. The van der Waals surface area contributed by atoms with Gasteiger partial charge in [-0.15, -0.1) is 0 Å². The van der Waals surface area contributed by atoms with Crippen molar-refractivity contribution in [1.82, 2.24) is 5.32 Å². The van der Waals surface area contributed by atoms with Crippen molar-refractivity contribution in [2.75, 3.05) is 11.9 Å². The average molecular weight is 263 g/mol. The molecule has 1 aromatic carbocycles. The van der Waals surface area contributed by atoms with Crippen LogP contribution in [0.4, 0.5) is 0 Å². The summed E-state index contributed by atoms with van der Waals surface area (Å²) in [5.74, 6) is 0. The van der Waals surface area contributed by atoms with Crippen molar-refractivity contribution in [1.29, 1.82) is 0 Å². The molecular weight excluding hydrogens is 249 g/mol. The van der Waals surface area contributed by atoms with Gasteiger partial charge in [0.25, 0.3) is 0 Å². The standard InChI is InChI=1S/C10H13BrClN/c1-8(13-7-6-11)9-2-4-10(12)5-3-9/h2-5,8,13H,6-7H2,1H3/t8-/m0/s1. The van der Waals surface area contributed by atoms with Gasteiger partial charge in [0.15, 0.2) is 0 Å². The predicted molar refractivity (Wildman–Crippen MR) is 61.7 cm³/mol. The van der Waals surface area contributed by atoms with Crippen LogP contribution in [0.2, 0.25) is 5.02 Å². The van der Waals surface area contributed by atoms with Crippen LogP contribution in [-0.4, -0.2) is 11.9 Å². The van der Waals surface area contributed by atoms with Crippen molar-refractivity contribution in [2.24, 2.45) is 0 Å². The van der Waals surface area contributed by atoms with Gasteiger partial charge in [0.05, 0.1) is 0 Å². The lowest BCUT2D eigenvalue weighted by Crippen LogP contribution is -2.20. The van der Waals surface area contributed by atoms with Crippen LogP contribution in [0.1, 0.15) is 18.5 Å². The van der Waals surface area contributed by atoms with Gasteiger partial charge in [0, 0.05) is 22.9 Å². The van der Waals surface area contributed by atoms with Crippen molar-refractivity contribution < 1.29 is 0 Å². The van der Waals surface area contributed by atoms with Crippen molar-refractivity contribution in [2.45, 2.75) is 13.0 Å². The maximum atomic E-state index is 5.79. The highest BCUT2D eigenvalue weighted by atomic mass is 79.9. The molecule has 0 amide bonds. The summed E-state index contributed by atoms with van der Waals surface area (Å²) in [6.45, 7) is 3.12. The summed E-state index contributed by atoms with van der Waals surface area (Å²) < 4.78 is 0. The third-order valence-corrected chi connectivity index (χ3v) is 2.56. The first-order valence-corrected chi connectivity index (χ1v) is 5.79. The van der Waals surface area contributed by atoms with Gasteiger partial charge in [0.2, 0.25) is 0 Å². The van der Waals surface area contributed by atoms with E-state index in [0.29, 0.717) is 6.04 Å². The molecule has 0 saturated carbocycles. The lowest BCUT2D eigenvalue weighted by Gasteiger charge is -2.12. The molecule has 1 aromatic rings. The maximum absolute atomic E-state index is 5.79. The van der Waals surface area contributed by atoms with Gasteiger partial charge in [-0.3, -0.25) is 0 Å². The highest BCUT2D eigenvalue weighted by molar-refractivity contribution is 9.09. The Labute approximate surface area is 92.6 Å². The van der Waals surface area contributed by atoms with Gasteiger partial charge in [-0.1, -0.05) is 39.7 Å². The molecule has 1 atom stereocenters. The molecule has 72 valence electrons. The highest BCUT2D eigenvalue weighted by Crippen LogP contribution is 2.15. The zero-order chi connectivity index (χ0) is 9.68. The summed E-state index contributed by atoms with van der Waals surface area (Å²) in [4.78, 5) is 0. The minimum atomic E-state index is 0.384. The SMILES string of the molecule is C[C@H](NCCBr)c1ccc(Cl)cc1. The summed E-state index contributed by atoms with van der Waals surface area (Å²) in [5, 5.41) is 5.14. The number of benzene rings is 1. The first kappa shape index (κ1) is 11.0. The van der Waals surface area contributed by atoms with Crippen molar-refractivity contribution in [3.63, 3.8) is 0 Å². The van der Waals surface area contributed by atoms with Crippen LogP contribution in [0.5, 0.6) is 0 Å². The lowest BCUT2D eigenvalue weighted by atomic mass is 10.1. The van der Waals surface area contributed by atoms with E-state index in [1.807, 2.05) is 24.3 Å². The molecule has 13 heavy (non-hydrogen) atoms. The molecule has 1 N–H and O–H groups in total. The zero-order valence-electron chi connectivity index (χ0n) is 7.56. The topological polar surface area (TPSA) is 12.0 Å². The molecule has 1 rings (SSSR count). The van der Waals surface area contributed by atoms with E-state index in [1.54, 1.807) is 0 Å². The molecule has 0 heterocycles. The van der Waals surface area contributed by atoms with E-state index in [2.05, 4.69) is 28.2 Å². The fourth-order valence-corrected chi connectivity index (χ4v) is 1.50. The summed E-state index contributed by atoms with van der Waals surface area (Å²) >= 11 is 9.17. The average Bonchev–Trinajstić information content (AvgIpc) is 2.15. The molecule has 3 heteroatoms. The molecule has 0 spiro atoms. The van der Waals surface area contributed by atoms with Crippen LogP contribution >= 0.6 is 27.5 Å². The van der Waals surface area contributed by atoms with Crippen molar-refractivity contribution in [3.05, 3.63) is 34.9 Å². The lowest BCUT2D eigenvalue weighted by molar-refractivity contribution is 0.602. The van der Waals surface area contributed by atoms with E-state index in [1.165, 1.54) is 5.56 Å². The van der Waals surface area contributed by atoms with Crippen LogP contribution in [0.3, 0.4) is 0 Å². The van der Waals surface area contributed by atoms with E-state index in [4.69, 9.17) is 11.6 Å². The Hall–Kier alpha value is -0.0500. The molecule has 0 aliphatic heterocycles. The number of hydrogen-bond donors (Lipinski definition) is 1. The number of alkyl halides is 1. The van der Waals surface area contributed by atoms with E-state index in [9.17, 15) is 0 Å². The Bertz CT molecular complexity index is 248. The maximum Gasteiger partial charge on any atom is 0.0406 e. The molecule has 0 bridgehead atoms. The van der Waals surface area contributed by atoms with E-state index < -0.39 is 0 Å². The fraction of sp³-hybridized carbons (Fsp3) is 0.400. The molecule has 0 fully saturated rings. The third kappa shape index (κ3) is 3.67. The monoisotopic (exact) mass is 261 g/mol. The van der Waals surface area contributed by atoms with E-state index in [0.717, 1.165) is 16.9 Å². The van der Waals surface area contributed by atoms with Crippen LogP contribution in [0.15, 0.2) is 24.3 Å². The molecule has 1 nitrogen and oxygen atoms in total. The number of halogens is 2. The molecule has 0 saturated heterocycles. The van der Waals surface area contributed by atoms with Gasteiger partial charge >= 0.3 is 0 Å². The second-order valence-corrected chi connectivity index (χ2v) is 4.15.